The minimum atomic E-state index is -0.932. The number of hydrogen-bond acceptors (Lipinski definition) is 3. The number of aliphatic carboxylic acids is 1. The second-order valence-corrected chi connectivity index (χ2v) is 4.91. The molecule has 1 atom stereocenters. The van der Waals surface area contributed by atoms with Crippen molar-refractivity contribution in [2.45, 2.75) is 18.9 Å². The maximum atomic E-state index is 12.4. The SMILES string of the molecule is O=C(O)[C@@H]1CCCN1C(=O)c1ccc2ncccc2c1. The lowest BCUT2D eigenvalue weighted by Crippen LogP contribution is -2.40. The van der Waals surface area contributed by atoms with Gasteiger partial charge < -0.3 is 10.0 Å². The number of carboxylic acid groups (broad SMARTS) is 1. The normalized spacial score (nSPS) is 18.4. The maximum absolute atomic E-state index is 12.4. The van der Waals surface area contributed by atoms with Gasteiger partial charge >= 0.3 is 5.97 Å². The summed E-state index contributed by atoms with van der Waals surface area (Å²) in [4.78, 5) is 29.3. The van der Waals surface area contributed by atoms with Crippen LogP contribution in [-0.2, 0) is 4.79 Å². The summed E-state index contributed by atoms with van der Waals surface area (Å²) in [5.74, 6) is -1.15. The van der Waals surface area contributed by atoms with Gasteiger partial charge in [0.2, 0.25) is 0 Å². The van der Waals surface area contributed by atoms with E-state index in [1.54, 1.807) is 24.4 Å². The van der Waals surface area contributed by atoms with E-state index in [0.29, 0.717) is 18.5 Å². The zero-order chi connectivity index (χ0) is 14.1. The van der Waals surface area contributed by atoms with Crippen molar-refractivity contribution in [2.75, 3.05) is 6.54 Å². The number of benzene rings is 1. The van der Waals surface area contributed by atoms with E-state index in [0.717, 1.165) is 17.3 Å². The quantitative estimate of drug-likeness (QED) is 0.905. The van der Waals surface area contributed by atoms with Crippen LogP contribution in [0.3, 0.4) is 0 Å². The lowest BCUT2D eigenvalue weighted by atomic mass is 10.1. The third-order valence-corrected chi connectivity index (χ3v) is 3.65. The molecule has 102 valence electrons. The molecular weight excluding hydrogens is 256 g/mol. The average Bonchev–Trinajstić information content (AvgIpc) is 2.95. The van der Waals surface area contributed by atoms with Gasteiger partial charge in [0.25, 0.3) is 5.91 Å². The number of rotatable bonds is 2. The van der Waals surface area contributed by atoms with Crippen LogP contribution in [0.1, 0.15) is 23.2 Å². The topological polar surface area (TPSA) is 70.5 Å². The molecular formula is C15H14N2O3. The Balaban J connectivity index is 1.94. The van der Waals surface area contributed by atoms with Crippen LogP contribution in [0.5, 0.6) is 0 Å². The predicted octanol–water partition coefficient (Wildman–Crippen LogP) is 1.92. The highest BCUT2D eigenvalue weighted by molar-refractivity contribution is 5.99. The molecule has 1 fully saturated rings. The summed E-state index contributed by atoms with van der Waals surface area (Å²) >= 11 is 0. The van der Waals surface area contributed by atoms with E-state index in [-0.39, 0.29) is 5.91 Å². The van der Waals surface area contributed by atoms with Crippen LogP contribution in [0.4, 0.5) is 0 Å². The fourth-order valence-electron chi connectivity index (χ4n) is 2.64. The van der Waals surface area contributed by atoms with Crippen molar-refractivity contribution in [1.29, 1.82) is 0 Å². The molecule has 20 heavy (non-hydrogen) atoms. The first-order valence-electron chi connectivity index (χ1n) is 6.55. The second kappa shape index (κ2) is 4.92. The molecule has 1 amide bonds. The number of nitrogens with zero attached hydrogens (tertiary/aromatic N) is 2. The van der Waals surface area contributed by atoms with Gasteiger partial charge in [-0.05, 0) is 37.1 Å². The first kappa shape index (κ1) is 12.6. The van der Waals surface area contributed by atoms with Crippen molar-refractivity contribution >= 4 is 22.8 Å². The van der Waals surface area contributed by atoms with Crippen LogP contribution in [-0.4, -0.2) is 39.5 Å². The molecule has 0 radical (unpaired) electrons. The van der Waals surface area contributed by atoms with Crippen LogP contribution in [0.25, 0.3) is 10.9 Å². The van der Waals surface area contributed by atoms with Gasteiger partial charge in [0.15, 0.2) is 0 Å². The summed E-state index contributed by atoms with van der Waals surface area (Å²) < 4.78 is 0. The molecule has 1 aromatic heterocycles. The fourth-order valence-corrected chi connectivity index (χ4v) is 2.64. The van der Waals surface area contributed by atoms with Crippen molar-refractivity contribution in [2.24, 2.45) is 0 Å². The standard InChI is InChI=1S/C15H14N2O3/c18-14(17-8-2-4-13(17)15(19)20)11-5-6-12-10(9-11)3-1-7-16-12/h1,3,5-7,9,13H,2,4,8H2,(H,19,20)/t13-/m0/s1. The van der Waals surface area contributed by atoms with Crippen LogP contribution in [0, 0.1) is 0 Å². The fraction of sp³-hybridized carbons (Fsp3) is 0.267. The van der Waals surface area contributed by atoms with E-state index < -0.39 is 12.0 Å². The Morgan fingerprint density at radius 3 is 2.95 bits per heavy atom. The maximum Gasteiger partial charge on any atom is 0.326 e. The van der Waals surface area contributed by atoms with Crippen molar-refractivity contribution in [1.82, 2.24) is 9.88 Å². The Morgan fingerprint density at radius 2 is 2.15 bits per heavy atom. The Morgan fingerprint density at radius 1 is 1.30 bits per heavy atom. The van der Waals surface area contributed by atoms with Crippen molar-refractivity contribution in [3.8, 4) is 0 Å². The molecule has 5 heteroatoms. The molecule has 2 heterocycles. The van der Waals surface area contributed by atoms with E-state index >= 15 is 0 Å². The van der Waals surface area contributed by atoms with Crippen molar-refractivity contribution in [3.05, 3.63) is 42.1 Å². The van der Waals surface area contributed by atoms with Gasteiger partial charge in [0.1, 0.15) is 6.04 Å². The molecule has 0 spiro atoms. The van der Waals surface area contributed by atoms with E-state index in [4.69, 9.17) is 5.11 Å². The van der Waals surface area contributed by atoms with Gasteiger partial charge in [-0.15, -0.1) is 0 Å². The third-order valence-electron chi connectivity index (χ3n) is 3.65. The molecule has 0 saturated carbocycles. The van der Waals surface area contributed by atoms with Crippen LogP contribution >= 0.6 is 0 Å². The number of carbonyl (C=O) groups excluding carboxylic acids is 1. The zero-order valence-corrected chi connectivity index (χ0v) is 10.8. The minimum Gasteiger partial charge on any atom is -0.480 e. The highest BCUT2D eigenvalue weighted by Crippen LogP contribution is 2.22. The number of amides is 1. The molecule has 1 aliphatic rings. The van der Waals surface area contributed by atoms with Crippen molar-refractivity contribution in [3.63, 3.8) is 0 Å². The molecule has 1 aromatic carbocycles. The van der Waals surface area contributed by atoms with Gasteiger partial charge in [0.05, 0.1) is 5.52 Å². The molecule has 1 N–H and O–H groups in total. The van der Waals surface area contributed by atoms with Gasteiger partial charge in [0, 0.05) is 23.7 Å². The molecule has 2 aromatic rings. The Bertz CT molecular complexity index is 684. The van der Waals surface area contributed by atoms with E-state index in [9.17, 15) is 9.59 Å². The molecule has 0 aliphatic carbocycles. The number of carboxylic acids is 1. The second-order valence-electron chi connectivity index (χ2n) is 4.91. The zero-order valence-electron chi connectivity index (χ0n) is 10.8. The lowest BCUT2D eigenvalue weighted by Gasteiger charge is -2.21. The summed E-state index contributed by atoms with van der Waals surface area (Å²) in [6.45, 7) is 0.501. The van der Waals surface area contributed by atoms with Gasteiger partial charge in [-0.1, -0.05) is 6.07 Å². The van der Waals surface area contributed by atoms with Crippen LogP contribution in [0.2, 0.25) is 0 Å². The first-order chi connectivity index (χ1) is 9.66. The molecule has 1 aliphatic heterocycles. The van der Waals surface area contributed by atoms with Crippen LogP contribution < -0.4 is 0 Å². The van der Waals surface area contributed by atoms with Gasteiger partial charge in [-0.25, -0.2) is 4.79 Å². The van der Waals surface area contributed by atoms with Gasteiger partial charge in [-0.3, -0.25) is 9.78 Å². The number of fused-ring (bicyclic) bond motifs is 1. The number of hydrogen-bond donors (Lipinski definition) is 1. The summed E-state index contributed by atoms with van der Waals surface area (Å²) in [6.07, 6.45) is 2.96. The number of likely N-dealkylation sites (tertiary alicyclic amines) is 1. The number of aromatic nitrogens is 1. The van der Waals surface area contributed by atoms with E-state index in [1.165, 1.54) is 4.90 Å². The Kier molecular flexibility index (Phi) is 3.10. The molecule has 5 nitrogen and oxygen atoms in total. The monoisotopic (exact) mass is 270 g/mol. The number of pyridine rings is 1. The summed E-state index contributed by atoms with van der Waals surface area (Å²) in [6, 6.07) is 8.25. The largest absolute Gasteiger partial charge is 0.480 e. The van der Waals surface area contributed by atoms with Crippen molar-refractivity contribution < 1.29 is 14.7 Å². The molecule has 3 rings (SSSR count). The summed E-state index contributed by atoms with van der Waals surface area (Å²) in [5, 5.41) is 10.0. The third kappa shape index (κ3) is 2.11. The highest BCUT2D eigenvalue weighted by Gasteiger charge is 2.34. The predicted molar refractivity (Wildman–Crippen MR) is 73.4 cm³/mol. The molecule has 1 saturated heterocycles. The van der Waals surface area contributed by atoms with E-state index in [1.807, 2.05) is 12.1 Å². The minimum absolute atomic E-state index is 0.222. The average molecular weight is 270 g/mol. The summed E-state index contributed by atoms with van der Waals surface area (Å²) in [7, 11) is 0. The van der Waals surface area contributed by atoms with Gasteiger partial charge in [-0.2, -0.15) is 0 Å². The smallest absolute Gasteiger partial charge is 0.326 e. The lowest BCUT2D eigenvalue weighted by molar-refractivity contribution is -0.141. The Labute approximate surface area is 115 Å². The highest BCUT2D eigenvalue weighted by atomic mass is 16.4. The van der Waals surface area contributed by atoms with Crippen LogP contribution in [0.15, 0.2) is 36.5 Å². The first-order valence-corrected chi connectivity index (χ1v) is 6.55. The Hall–Kier alpha value is -2.43. The molecule has 0 bridgehead atoms. The number of carbonyl (C=O) groups is 2. The van der Waals surface area contributed by atoms with E-state index in [2.05, 4.69) is 4.98 Å². The molecule has 0 unspecified atom stereocenters. The summed E-state index contributed by atoms with van der Waals surface area (Å²) in [5.41, 5.74) is 1.33.